The van der Waals surface area contributed by atoms with Gasteiger partial charge in [0.1, 0.15) is 17.5 Å². The highest BCUT2D eigenvalue weighted by molar-refractivity contribution is 6.30. The second kappa shape index (κ2) is 12.4. The first kappa shape index (κ1) is 26.9. The van der Waals surface area contributed by atoms with Gasteiger partial charge < -0.3 is 15.3 Å². The lowest BCUT2D eigenvalue weighted by atomic mass is 9.81. The van der Waals surface area contributed by atoms with E-state index in [9.17, 15) is 18.0 Å². The van der Waals surface area contributed by atoms with Gasteiger partial charge in [0.2, 0.25) is 0 Å². The van der Waals surface area contributed by atoms with Crippen LogP contribution in [0.15, 0.2) is 35.5 Å². The van der Waals surface area contributed by atoms with Crippen LogP contribution in [-0.2, 0) is 29.0 Å². The SMILES string of the molecule is CC(=NOCc1ccc(C2CCCCC2)c(C(F)(F)F)c1)c1ccc(CNCCC(=O)O)c(Cl)n1. The molecule has 0 amide bonds. The number of alkyl halides is 3. The van der Waals surface area contributed by atoms with Gasteiger partial charge in [-0.25, -0.2) is 4.98 Å². The predicted octanol–water partition coefficient (Wildman–Crippen LogP) is 6.31. The first-order chi connectivity index (χ1) is 16.6. The normalized spacial score (nSPS) is 15.3. The van der Waals surface area contributed by atoms with Crippen LogP contribution in [0.5, 0.6) is 0 Å². The van der Waals surface area contributed by atoms with E-state index in [4.69, 9.17) is 21.5 Å². The zero-order valence-electron chi connectivity index (χ0n) is 19.5. The summed E-state index contributed by atoms with van der Waals surface area (Å²) >= 11 is 6.21. The van der Waals surface area contributed by atoms with E-state index >= 15 is 0 Å². The third-order valence-electron chi connectivity index (χ3n) is 6.03. The van der Waals surface area contributed by atoms with E-state index in [0.29, 0.717) is 41.2 Å². The number of rotatable bonds is 10. The molecule has 1 saturated carbocycles. The summed E-state index contributed by atoms with van der Waals surface area (Å²) in [5.74, 6) is -0.944. The van der Waals surface area contributed by atoms with Crippen LogP contribution in [0.2, 0.25) is 5.15 Å². The maximum atomic E-state index is 13.7. The first-order valence-electron chi connectivity index (χ1n) is 11.6. The van der Waals surface area contributed by atoms with E-state index in [1.165, 1.54) is 0 Å². The van der Waals surface area contributed by atoms with Crippen molar-refractivity contribution < 1.29 is 27.9 Å². The van der Waals surface area contributed by atoms with E-state index in [-0.39, 0.29) is 24.1 Å². The van der Waals surface area contributed by atoms with E-state index in [0.717, 1.165) is 38.2 Å². The monoisotopic (exact) mass is 511 g/mol. The molecule has 1 aromatic heterocycles. The third-order valence-corrected chi connectivity index (χ3v) is 6.36. The Morgan fingerprint density at radius 2 is 1.97 bits per heavy atom. The van der Waals surface area contributed by atoms with Gasteiger partial charge >= 0.3 is 12.1 Å². The number of oxime groups is 1. The summed E-state index contributed by atoms with van der Waals surface area (Å²) in [6.07, 6.45) is 0.146. The number of nitrogens with zero attached hydrogens (tertiary/aromatic N) is 2. The topological polar surface area (TPSA) is 83.8 Å². The number of aromatic nitrogens is 1. The van der Waals surface area contributed by atoms with E-state index in [1.807, 2.05) is 0 Å². The fourth-order valence-corrected chi connectivity index (χ4v) is 4.39. The smallest absolute Gasteiger partial charge is 0.416 e. The number of hydrogen-bond donors (Lipinski definition) is 2. The number of pyridine rings is 1. The van der Waals surface area contributed by atoms with Crippen molar-refractivity contribution in [3.05, 3.63) is 63.4 Å². The van der Waals surface area contributed by atoms with Crippen molar-refractivity contribution in [3.63, 3.8) is 0 Å². The number of carboxylic acids is 1. The number of carbonyl (C=O) groups is 1. The summed E-state index contributed by atoms with van der Waals surface area (Å²) in [4.78, 5) is 20.2. The number of benzene rings is 1. The molecular formula is C25H29ClF3N3O3. The molecule has 0 radical (unpaired) electrons. The van der Waals surface area contributed by atoms with Gasteiger partial charge in [0, 0.05) is 18.7 Å². The second-order valence-electron chi connectivity index (χ2n) is 8.67. The standard InChI is InChI=1S/C25H29ClF3N3O3/c1-16(22-10-8-19(24(26)31-22)14-30-12-11-23(33)34)32-35-15-17-7-9-20(18-5-3-2-4-6-18)21(13-17)25(27,28)29/h7-10,13,18,30H,2-6,11-12,14-15H2,1H3,(H,33,34). The van der Waals surface area contributed by atoms with Crippen molar-refractivity contribution in [2.45, 2.75) is 70.7 Å². The molecule has 1 aliphatic carbocycles. The van der Waals surface area contributed by atoms with Gasteiger partial charge in [0.25, 0.3) is 0 Å². The number of carboxylic acid groups (broad SMARTS) is 1. The van der Waals surface area contributed by atoms with Gasteiger partial charge in [-0.05, 0) is 48.9 Å². The quantitative estimate of drug-likeness (QED) is 0.169. The van der Waals surface area contributed by atoms with Gasteiger partial charge in [0.05, 0.1) is 17.7 Å². The van der Waals surface area contributed by atoms with Gasteiger partial charge in [-0.2, -0.15) is 13.2 Å². The fraction of sp³-hybridized carbons (Fsp3) is 0.480. The molecule has 0 unspecified atom stereocenters. The summed E-state index contributed by atoms with van der Waals surface area (Å²) in [7, 11) is 0. The predicted molar refractivity (Wildman–Crippen MR) is 127 cm³/mol. The molecule has 0 bridgehead atoms. The van der Waals surface area contributed by atoms with Crippen molar-refractivity contribution in [2.75, 3.05) is 6.54 Å². The average Bonchev–Trinajstić information content (AvgIpc) is 2.82. The zero-order chi connectivity index (χ0) is 25.4. The number of aliphatic carboxylic acids is 1. The summed E-state index contributed by atoms with van der Waals surface area (Å²) < 4.78 is 41.2. The molecule has 0 saturated heterocycles. The van der Waals surface area contributed by atoms with Crippen LogP contribution in [0.1, 0.15) is 79.3 Å². The Bertz CT molecular complexity index is 1050. The maximum absolute atomic E-state index is 13.7. The molecule has 190 valence electrons. The van der Waals surface area contributed by atoms with Crippen LogP contribution in [0.4, 0.5) is 13.2 Å². The Hall–Kier alpha value is -2.65. The number of nitrogens with one attached hydrogen (secondary N) is 1. The van der Waals surface area contributed by atoms with Gasteiger partial charge in [-0.15, -0.1) is 0 Å². The molecule has 2 aromatic rings. The summed E-state index contributed by atoms with van der Waals surface area (Å²) in [6.45, 7) is 2.23. The van der Waals surface area contributed by atoms with Crippen LogP contribution >= 0.6 is 11.6 Å². The number of hydrogen-bond acceptors (Lipinski definition) is 5. The highest BCUT2D eigenvalue weighted by Gasteiger charge is 2.35. The third kappa shape index (κ3) is 7.93. The summed E-state index contributed by atoms with van der Waals surface area (Å²) in [6, 6.07) is 7.86. The van der Waals surface area contributed by atoms with E-state index < -0.39 is 17.7 Å². The molecule has 2 N–H and O–H groups in total. The average molecular weight is 512 g/mol. The lowest BCUT2D eigenvalue weighted by Gasteiger charge is -2.25. The largest absolute Gasteiger partial charge is 0.481 e. The summed E-state index contributed by atoms with van der Waals surface area (Å²) in [5, 5.41) is 15.9. The molecule has 0 aliphatic heterocycles. The molecular weight excluding hydrogens is 483 g/mol. The molecule has 0 atom stereocenters. The van der Waals surface area contributed by atoms with Crippen LogP contribution in [0.3, 0.4) is 0 Å². The van der Waals surface area contributed by atoms with Crippen LogP contribution in [0, 0.1) is 0 Å². The van der Waals surface area contributed by atoms with Crippen LogP contribution in [0.25, 0.3) is 0 Å². The van der Waals surface area contributed by atoms with Gasteiger partial charge in [-0.3, -0.25) is 4.79 Å². The molecule has 0 spiro atoms. The fourth-order valence-electron chi connectivity index (χ4n) is 4.17. The Kier molecular flexibility index (Phi) is 9.51. The highest BCUT2D eigenvalue weighted by Crippen LogP contribution is 2.41. The van der Waals surface area contributed by atoms with E-state index in [1.54, 1.807) is 31.2 Å². The van der Waals surface area contributed by atoms with Crippen molar-refractivity contribution >= 4 is 23.3 Å². The molecule has 1 aliphatic rings. The lowest BCUT2D eigenvalue weighted by molar-refractivity contribution is -0.139. The molecule has 35 heavy (non-hydrogen) atoms. The zero-order valence-corrected chi connectivity index (χ0v) is 20.3. The minimum absolute atomic E-state index is 0.00000789. The lowest BCUT2D eigenvalue weighted by Crippen LogP contribution is -2.18. The van der Waals surface area contributed by atoms with E-state index in [2.05, 4.69) is 15.5 Å². The Balaban J connectivity index is 1.63. The Labute approximate surface area is 207 Å². The molecule has 1 aromatic carbocycles. The Morgan fingerprint density at radius 1 is 1.23 bits per heavy atom. The van der Waals surface area contributed by atoms with Crippen LogP contribution in [-0.4, -0.2) is 28.3 Å². The second-order valence-corrected chi connectivity index (χ2v) is 9.03. The van der Waals surface area contributed by atoms with Crippen molar-refractivity contribution in [1.82, 2.24) is 10.3 Å². The maximum Gasteiger partial charge on any atom is 0.416 e. The van der Waals surface area contributed by atoms with Crippen molar-refractivity contribution in [2.24, 2.45) is 5.16 Å². The molecule has 10 heteroatoms. The highest BCUT2D eigenvalue weighted by atomic mass is 35.5. The summed E-state index contributed by atoms with van der Waals surface area (Å²) in [5.41, 5.74) is 1.76. The molecule has 6 nitrogen and oxygen atoms in total. The van der Waals surface area contributed by atoms with Crippen molar-refractivity contribution in [1.29, 1.82) is 0 Å². The molecule has 1 heterocycles. The molecule has 1 fully saturated rings. The Morgan fingerprint density at radius 3 is 2.63 bits per heavy atom. The minimum Gasteiger partial charge on any atom is -0.481 e. The van der Waals surface area contributed by atoms with Gasteiger partial charge in [0.15, 0.2) is 0 Å². The number of halogens is 4. The first-order valence-corrected chi connectivity index (χ1v) is 12.0. The minimum atomic E-state index is -4.42. The van der Waals surface area contributed by atoms with Crippen molar-refractivity contribution in [3.8, 4) is 0 Å². The van der Waals surface area contributed by atoms with Gasteiger partial charge in [-0.1, -0.05) is 54.2 Å². The molecule has 3 rings (SSSR count). The van der Waals surface area contributed by atoms with Crippen LogP contribution < -0.4 is 5.32 Å².